The Kier molecular flexibility index (Phi) is 130000. The van der Waals surface area contributed by atoms with E-state index in [0.717, 1.165) is 0 Å². The summed E-state index contributed by atoms with van der Waals surface area (Å²) in [6, 6.07) is 0. The molecule has 40 valence electrons. The fourth-order valence-electron chi connectivity index (χ4n) is 0. The van der Waals surface area contributed by atoms with Gasteiger partial charge in [-0.1, -0.05) is 0 Å². The molecule has 9 N–H and O–H groups in total. The quantitative estimate of drug-likeness (QED) is 0.270. The summed E-state index contributed by atoms with van der Waals surface area (Å²) in [5.74, 6) is 0. The van der Waals surface area contributed by atoms with E-state index in [1.54, 1.807) is 0 Å². The van der Waals surface area contributed by atoms with Gasteiger partial charge < -0.3 is 27.4 Å². The van der Waals surface area contributed by atoms with E-state index in [9.17, 15) is 0 Å². The zero-order valence-electron chi connectivity index (χ0n) is 3.45. The summed E-state index contributed by atoms with van der Waals surface area (Å²) in [6.45, 7) is 0. The maximum atomic E-state index is 0. The molecule has 5 nitrogen and oxygen atoms in total. The van der Waals surface area contributed by atoms with Crippen LogP contribution in [-0.2, 0) is 0 Å². The Balaban J connectivity index is 0. The van der Waals surface area contributed by atoms with Crippen molar-refractivity contribution in [3.8, 4) is 0 Å². The van der Waals surface area contributed by atoms with Gasteiger partial charge in [0.25, 0.3) is 0 Å². The van der Waals surface area contributed by atoms with Crippen LogP contribution in [-0.4, -0.2) is 27.4 Å². The van der Waals surface area contributed by atoms with Gasteiger partial charge in [-0.2, -0.15) is 0 Å². The molecular formula is H9LiO5. The average Bonchev–Trinajstić information content (AvgIpc) is 0. The van der Waals surface area contributed by atoms with Crippen molar-refractivity contribution in [3.63, 3.8) is 0 Å². The second kappa shape index (κ2) is 661. The first-order valence-electron chi connectivity index (χ1n) is 0. The van der Waals surface area contributed by atoms with Gasteiger partial charge in [0.2, 0.25) is 0 Å². The van der Waals surface area contributed by atoms with Crippen molar-refractivity contribution in [3.05, 3.63) is 0 Å². The predicted octanol–water partition coefficient (Wildman–Crippen LogP) is -6.47. The van der Waals surface area contributed by atoms with Crippen LogP contribution in [0.5, 0.6) is 0 Å². The first-order chi connectivity index (χ1) is 0. The third-order valence-corrected chi connectivity index (χ3v) is 0. The van der Waals surface area contributed by atoms with Gasteiger partial charge in [0.1, 0.15) is 0 Å². The van der Waals surface area contributed by atoms with E-state index in [-0.39, 0.29) is 46.2 Å². The van der Waals surface area contributed by atoms with Gasteiger partial charge in [0, 0.05) is 0 Å². The minimum Gasteiger partial charge on any atom is -0.870 e. The van der Waals surface area contributed by atoms with Crippen molar-refractivity contribution in [1.29, 1.82) is 0 Å². The van der Waals surface area contributed by atoms with Crippen molar-refractivity contribution in [2.75, 3.05) is 0 Å². The maximum absolute atomic E-state index is 0. The smallest absolute Gasteiger partial charge is 0.870 e. The molecule has 0 aromatic rings. The molecule has 0 aromatic heterocycles. The summed E-state index contributed by atoms with van der Waals surface area (Å²) in [6.07, 6.45) is 0. The standard InChI is InChI=1S/Li.5H2O/h;5*1H2/q+1;;;;;/p-1. The molecule has 0 saturated heterocycles. The van der Waals surface area contributed by atoms with Crippen molar-refractivity contribution in [2.24, 2.45) is 0 Å². The van der Waals surface area contributed by atoms with E-state index in [4.69, 9.17) is 0 Å². The van der Waals surface area contributed by atoms with Crippen LogP contribution in [0, 0.1) is 0 Å². The van der Waals surface area contributed by atoms with Crippen molar-refractivity contribution in [2.45, 2.75) is 0 Å². The zero-order chi connectivity index (χ0) is 0. The van der Waals surface area contributed by atoms with Crippen LogP contribution in [0.3, 0.4) is 0 Å². The van der Waals surface area contributed by atoms with Crippen molar-refractivity contribution in [1.82, 2.24) is 0 Å². The molecule has 0 bridgehead atoms. The van der Waals surface area contributed by atoms with Gasteiger partial charge in [-0.3, -0.25) is 0 Å². The molecule has 0 unspecified atom stereocenters. The molecule has 0 fully saturated rings. The van der Waals surface area contributed by atoms with E-state index < -0.39 is 0 Å². The van der Waals surface area contributed by atoms with Gasteiger partial charge in [-0.25, -0.2) is 0 Å². The molecule has 0 aromatic carbocycles. The second-order valence-electron chi connectivity index (χ2n) is 0. The third kappa shape index (κ3) is 321. The first-order valence-corrected chi connectivity index (χ1v) is 0. The van der Waals surface area contributed by atoms with Crippen molar-refractivity contribution >= 4 is 0 Å². The molecule has 0 aliphatic carbocycles. The predicted molar refractivity (Wildman–Crippen MR) is 16.4 cm³/mol. The van der Waals surface area contributed by atoms with Crippen LogP contribution < -0.4 is 18.9 Å². The summed E-state index contributed by atoms with van der Waals surface area (Å²) < 4.78 is 0. The van der Waals surface area contributed by atoms with Crippen LogP contribution in [0.1, 0.15) is 0 Å². The molecule has 0 spiro atoms. The van der Waals surface area contributed by atoms with E-state index in [0.29, 0.717) is 0 Å². The zero-order valence-corrected chi connectivity index (χ0v) is 3.45. The molecule has 0 aliphatic rings. The molecule has 0 rings (SSSR count). The third-order valence-electron chi connectivity index (χ3n) is 0. The number of hydrogen-bond acceptors (Lipinski definition) is 1. The molecule has 0 atom stereocenters. The first kappa shape index (κ1) is 1180. The van der Waals surface area contributed by atoms with Gasteiger partial charge in [-0.15, -0.1) is 0 Å². The van der Waals surface area contributed by atoms with E-state index in [2.05, 4.69) is 0 Å². The normalized spacial score (nSPS) is 0. The Morgan fingerprint density at radius 2 is 0.500 bits per heavy atom. The fraction of sp³-hybridized carbons (Fsp3) is 0. The molecule has 6 heteroatoms. The summed E-state index contributed by atoms with van der Waals surface area (Å²) >= 11 is 0. The Labute approximate surface area is 47.1 Å². The minimum atomic E-state index is 0. The molecule has 0 radical (unpaired) electrons. The summed E-state index contributed by atoms with van der Waals surface area (Å²) in [5, 5.41) is 0. The van der Waals surface area contributed by atoms with Gasteiger partial charge in [0.15, 0.2) is 0 Å². The minimum absolute atomic E-state index is 0. The molecule has 0 amide bonds. The van der Waals surface area contributed by atoms with E-state index in [1.165, 1.54) is 0 Å². The largest absolute Gasteiger partial charge is 1.00 e. The second-order valence-corrected chi connectivity index (χ2v) is 0. The topological polar surface area (TPSA) is 156 Å². The van der Waals surface area contributed by atoms with Gasteiger partial charge in [-0.05, 0) is 0 Å². The Morgan fingerprint density at radius 3 is 0.500 bits per heavy atom. The van der Waals surface area contributed by atoms with Crippen LogP contribution in [0.15, 0.2) is 0 Å². The number of hydrogen-bond donors (Lipinski definition) is 0. The van der Waals surface area contributed by atoms with Crippen LogP contribution >= 0.6 is 0 Å². The monoisotopic (exact) mass is 96.1 g/mol. The molecule has 0 saturated carbocycles. The summed E-state index contributed by atoms with van der Waals surface area (Å²) in [5.41, 5.74) is 0. The summed E-state index contributed by atoms with van der Waals surface area (Å²) in [7, 11) is 0. The average molecular weight is 96.0 g/mol. The van der Waals surface area contributed by atoms with Crippen molar-refractivity contribution < 1.29 is 46.2 Å². The van der Waals surface area contributed by atoms with Crippen LogP contribution in [0.2, 0.25) is 0 Å². The Bertz CT molecular complexity index is 3.90. The summed E-state index contributed by atoms with van der Waals surface area (Å²) in [4.78, 5) is 0. The molecule has 6 heavy (non-hydrogen) atoms. The Hall–Kier alpha value is 0.397. The van der Waals surface area contributed by atoms with E-state index in [1.807, 2.05) is 0 Å². The molecule has 0 aliphatic heterocycles. The fourth-order valence-corrected chi connectivity index (χ4v) is 0. The van der Waals surface area contributed by atoms with Crippen LogP contribution in [0.4, 0.5) is 0 Å². The SMILES string of the molecule is O.O.O.O.[Li+].[OH-]. The van der Waals surface area contributed by atoms with Gasteiger partial charge >= 0.3 is 18.9 Å². The van der Waals surface area contributed by atoms with Gasteiger partial charge in [0.05, 0.1) is 0 Å². The molecular weight excluding hydrogens is 86.9 g/mol. The van der Waals surface area contributed by atoms with Crippen LogP contribution in [0.25, 0.3) is 0 Å². The van der Waals surface area contributed by atoms with E-state index >= 15 is 0 Å². The Morgan fingerprint density at radius 1 is 0.500 bits per heavy atom. The number of rotatable bonds is 0. The molecule has 0 heterocycles. The maximum Gasteiger partial charge on any atom is 1.00 e.